The van der Waals surface area contributed by atoms with Gasteiger partial charge < -0.3 is 35.0 Å². The Kier molecular flexibility index (Phi) is 33.6. The first kappa shape index (κ1) is 58.1. The molecule has 0 spiro atoms. The maximum Gasteiger partial charge on any atom is 0.159 e. The topological polar surface area (TPSA) is 111 Å². The number of allylic oxidation sites excluding steroid dienone is 6. The van der Waals surface area contributed by atoms with E-state index < -0.39 is 0 Å². The number of Topliss-reactive ketones (excluding diaryl/α,β-unsaturated/α-hetero) is 1. The largest absolute Gasteiger partial charge is 0.508 e. The maximum absolute atomic E-state index is 12.1. The van der Waals surface area contributed by atoms with Gasteiger partial charge in [-0.25, -0.2) is 0 Å². The van der Waals surface area contributed by atoms with Crippen LogP contribution in [0.25, 0.3) is 5.70 Å². The van der Waals surface area contributed by atoms with Crippen LogP contribution in [0.3, 0.4) is 0 Å². The molecule has 10 heteroatoms. The van der Waals surface area contributed by atoms with Crippen LogP contribution in [0.15, 0.2) is 84.5 Å². The Morgan fingerprint density at radius 1 is 1.02 bits per heavy atom. The summed E-state index contributed by atoms with van der Waals surface area (Å²) < 4.78 is 5.98. The summed E-state index contributed by atoms with van der Waals surface area (Å²) in [6.07, 6.45) is 20.6. The molecule has 2 aromatic rings. The smallest absolute Gasteiger partial charge is 0.159 e. The second kappa shape index (κ2) is 34.7. The van der Waals surface area contributed by atoms with Crippen LogP contribution < -0.4 is 15.4 Å². The van der Waals surface area contributed by atoms with E-state index >= 15 is 0 Å². The Bertz CT molecular complexity index is 1560. The average Bonchev–Trinajstić information content (AvgIpc) is 3.22. The number of hydrogen-bond acceptors (Lipinski definition) is 9. The van der Waals surface area contributed by atoms with E-state index in [4.69, 9.17) is 21.1 Å². The Morgan fingerprint density at radius 2 is 1.62 bits per heavy atom. The number of aromatic hydroxyl groups is 1. The van der Waals surface area contributed by atoms with Gasteiger partial charge in [-0.2, -0.15) is 0 Å². The molecule has 0 amide bonds. The Balaban J connectivity index is 0. The molecule has 0 fully saturated rings. The van der Waals surface area contributed by atoms with E-state index in [1.165, 1.54) is 39.0 Å². The zero-order valence-electron chi connectivity index (χ0n) is 39.4. The number of unbranched alkanes of at least 4 members (excludes halogenated alkanes) is 4. The van der Waals surface area contributed by atoms with Gasteiger partial charge in [-0.1, -0.05) is 114 Å². The molecule has 0 saturated carbocycles. The number of carbonyl (C=O) groups excluding carboxylic acids is 3. The summed E-state index contributed by atoms with van der Waals surface area (Å²) in [5, 5.41) is 15.9. The number of nitrogens with zero attached hydrogens (tertiary/aromatic N) is 2. The van der Waals surface area contributed by atoms with Crippen molar-refractivity contribution in [1.29, 1.82) is 0 Å². The number of hydrogen-bond donors (Lipinski definition) is 3. The monoisotopic (exact) mass is 853 g/mol. The predicted molar refractivity (Wildman–Crippen MR) is 258 cm³/mol. The number of rotatable bonds is 18. The van der Waals surface area contributed by atoms with Crippen LogP contribution in [-0.4, -0.2) is 98.2 Å². The highest BCUT2D eigenvalue weighted by Gasteiger charge is 2.31. The van der Waals surface area contributed by atoms with Crippen molar-refractivity contribution in [3.05, 3.63) is 101 Å². The van der Waals surface area contributed by atoms with Crippen LogP contribution in [0, 0.1) is 0 Å². The van der Waals surface area contributed by atoms with Gasteiger partial charge in [0.15, 0.2) is 5.78 Å². The van der Waals surface area contributed by atoms with E-state index in [0.29, 0.717) is 29.9 Å². The lowest BCUT2D eigenvalue weighted by atomic mass is 9.84. The number of nitrogens with one attached hydrogen (secondary N) is 2. The second-order valence-electron chi connectivity index (χ2n) is 15.5. The third kappa shape index (κ3) is 24.3. The normalized spacial score (nSPS) is 15.8. The number of carbonyl (C=O) groups is 3. The second-order valence-corrected chi connectivity index (χ2v) is 16.0. The Labute approximate surface area is 370 Å². The van der Waals surface area contributed by atoms with E-state index in [-0.39, 0.29) is 35.4 Å². The van der Waals surface area contributed by atoms with Gasteiger partial charge in [0.1, 0.15) is 24.6 Å². The summed E-state index contributed by atoms with van der Waals surface area (Å²) in [6, 6.07) is 12.4. The van der Waals surface area contributed by atoms with Gasteiger partial charge in [0.25, 0.3) is 0 Å². The average molecular weight is 854 g/mol. The minimum absolute atomic E-state index is 0.0426. The van der Waals surface area contributed by atoms with Gasteiger partial charge in [0, 0.05) is 34.9 Å². The number of ketones is 1. The number of ether oxygens (including phenoxy) is 1. The van der Waals surface area contributed by atoms with Crippen LogP contribution >= 0.6 is 11.6 Å². The lowest BCUT2D eigenvalue weighted by Crippen LogP contribution is -2.40. The van der Waals surface area contributed by atoms with Gasteiger partial charge >= 0.3 is 0 Å². The standard InChI is InChI=1S/C32H36ClNO4.C7H16.C5H14N2.C5H13N.CH2O/c1-5-30(29-18-15-26(23(4)36)21-31(29)38-6-2)34(19-20-35)32(22(3)24-13-16-28(37)17-14-24)25-9-7-11-27(33)12-8-10-25;1-3-5-7-6-4-2;1-4-7(3)5-6-2;1-5(2,3)6-4;1-2/h5,7-9,11-18,20-22,27,32,37H,6,10,19H2,1-4H3;3-7H2,1-2H3;6H,4-5H2,1-3H3;6H,1-4H3;1H2/b11-7?,12-8-,25-9+,30-5?;;;;. The van der Waals surface area contributed by atoms with E-state index in [2.05, 4.69) is 88.1 Å². The van der Waals surface area contributed by atoms with Crippen molar-refractivity contribution in [1.82, 2.24) is 20.4 Å². The zero-order valence-corrected chi connectivity index (χ0v) is 40.2. The van der Waals surface area contributed by atoms with Crippen LogP contribution in [0.1, 0.15) is 135 Å². The lowest BCUT2D eigenvalue weighted by molar-refractivity contribution is -0.108. The Hall–Kier alpha value is -4.02. The Morgan fingerprint density at radius 3 is 2.07 bits per heavy atom. The molecule has 3 N–H and O–H groups in total. The van der Waals surface area contributed by atoms with Crippen LogP contribution in [0.5, 0.6) is 11.5 Å². The molecule has 1 aliphatic carbocycles. The quantitative estimate of drug-likeness (QED) is 0.0337. The van der Waals surface area contributed by atoms with Gasteiger partial charge in [-0.15, -0.1) is 11.6 Å². The number of alkyl halides is 1. The summed E-state index contributed by atoms with van der Waals surface area (Å²) in [7, 11) is 5.99. The van der Waals surface area contributed by atoms with Crippen molar-refractivity contribution in [2.75, 3.05) is 47.5 Å². The van der Waals surface area contributed by atoms with E-state index in [1.54, 1.807) is 24.3 Å². The molecular weight excluding hydrogens is 772 g/mol. The summed E-state index contributed by atoms with van der Waals surface area (Å²) in [4.78, 5) is 36.5. The molecule has 0 saturated heterocycles. The van der Waals surface area contributed by atoms with Crippen molar-refractivity contribution in [2.45, 2.75) is 131 Å². The van der Waals surface area contributed by atoms with Gasteiger partial charge in [0.2, 0.25) is 0 Å². The summed E-state index contributed by atoms with van der Waals surface area (Å²) in [6.45, 7) is 25.2. The van der Waals surface area contributed by atoms with Gasteiger partial charge in [-0.05, 0) is 111 Å². The SMILES string of the molecule is C=O.CC=C(c1ccc(C(C)=O)cc1OCC)N(CC=O)C(/C1=C/C=CC(Cl)/C=C\C1)C(C)c1ccc(O)cc1.CCCCCCC.CCN(C)CNC.CNC(C)(C)C. The van der Waals surface area contributed by atoms with Crippen LogP contribution in [-0.2, 0) is 9.59 Å². The van der Waals surface area contributed by atoms with Crippen molar-refractivity contribution in [2.24, 2.45) is 0 Å². The first-order valence-corrected chi connectivity index (χ1v) is 21.9. The molecule has 0 aliphatic heterocycles. The van der Waals surface area contributed by atoms with Crippen molar-refractivity contribution in [3.8, 4) is 11.5 Å². The number of phenols is 1. The molecule has 3 atom stereocenters. The molecule has 0 radical (unpaired) electrons. The zero-order chi connectivity index (χ0) is 46.1. The van der Waals surface area contributed by atoms with Crippen molar-refractivity contribution in [3.63, 3.8) is 0 Å². The fraction of sp³-hybridized carbons (Fsp3) is 0.540. The molecule has 0 aromatic heterocycles. The predicted octanol–water partition coefficient (Wildman–Crippen LogP) is 11.0. The first-order chi connectivity index (χ1) is 28.6. The van der Waals surface area contributed by atoms with Crippen LogP contribution in [0.4, 0.5) is 0 Å². The molecule has 60 heavy (non-hydrogen) atoms. The summed E-state index contributed by atoms with van der Waals surface area (Å²) in [5.41, 5.74) is 4.64. The first-order valence-electron chi connectivity index (χ1n) is 21.5. The number of aldehydes is 1. The molecule has 9 nitrogen and oxygen atoms in total. The molecule has 0 heterocycles. The summed E-state index contributed by atoms with van der Waals surface area (Å²) >= 11 is 6.31. The molecule has 3 unspecified atom stereocenters. The van der Waals surface area contributed by atoms with E-state index in [9.17, 15) is 14.7 Å². The highest BCUT2D eigenvalue weighted by molar-refractivity contribution is 6.23. The highest BCUT2D eigenvalue weighted by Crippen LogP contribution is 2.38. The molecule has 2 aromatic carbocycles. The minimum atomic E-state index is -0.209. The van der Waals surface area contributed by atoms with E-state index in [0.717, 1.165) is 41.9 Å². The number of phenolic OH excluding ortho intramolecular Hbond substituents is 1. The number of halogens is 1. The molecule has 1 aliphatic rings. The maximum atomic E-state index is 12.1. The highest BCUT2D eigenvalue weighted by atomic mass is 35.5. The van der Waals surface area contributed by atoms with Gasteiger partial charge in [0.05, 0.1) is 24.6 Å². The lowest BCUT2D eigenvalue weighted by Gasteiger charge is -2.40. The van der Waals surface area contributed by atoms with Gasteiger partial charge in [-0.3, -0.25) is 9.69 Å². The summed E-state index contributed by atoms with van der Waals surface area (Å²) in [5.74, 6) is 0.708. The molecule has 3 rings (SSSR count). The fourth-order valence-electron chi connectivity index (χ4n) is 5.93. The third-order valence-corrected chi connectivity index (χ3v) is 9.92. The van der Waals surface area contributed by atoms with E-state index in [1.807, 2.05) is 77.2 Å². The van der Waals surface area contributed by atoms with Crippen molar-refractivity contribution < 1.29 is 24.2 Å². The third-order valence-electron chi connectivity index (χ3n) is 9.63. The molecular formula is C50H81ClN4O5. The molecule has 0 bridgehead atoms. The van der Waals surface area contributed by atoms with Crippen LogP contribution in [0.2, 0.25) is 0 Å². The molecule has 338 valence electrons. The minimum Gasteiger partial charge on any atom is -0.508 e. The fourth-order valence-corrected chi connectivity index (χ4v) is 6.11. The number of benzene rings is 2. The van der Waals surface area contributed by atoms with Crippen molar-refractivity contribution >= 4 is 36.2 Å².